The van der Waals surface area contributed by atoms with Crippen LogP contribution in [0.4, 0.5) is 17.0 Å². The van der Waals surface area contributed by atoms with Gasteiger partial charge in [0.25, 0.3) is 17.0 Å². The fourth-order valence-corrected chi connectivity index (χ4v) is 6.92. The molecular formula is C22H27N10O7S3+. The van der Waals surface area contributed by atoms with Gasteiger partial charge in [0.05, 0.1) is 6.54 Å². The minimum Gasteiger partial charge on any atom is -0.478 e. The number of nitrogens with one attached hydrogen (secondary N) is 1. The molecule has 2 aromatic heterocycles. The van der Waals surface area contributed by atoms with Gasteiger partial charge >= 0.3 is 23.8 Å². The van der Waals surface area contributed by atoms with E-state index in [0.717, 1.165) is 16.2 Å². The second-order valence-corrected chi connectivity index (χ2v) is 12.2. The van der Waals surface area contributed by atoms with Gasteiger partial charge in [0.1, 0.15) is 22.8 Å². The van der Waals surface area contributed by atoms with E-state index in [4.69, 9.17) is 22.0 Å². The van der Waals surface area contributed by atoms with Crippen LogP contribution in [0.25, 0.3) is 0 Å². The van der Waals surface area contributed by atoms with Crippen molar-refractivity contribution in [2.75, 3.05) is 28.7 Å². The predicted molar refractivity (Wildman–Crippen MR) is 153 cm³/mol. The Kier molecular flexibility index (Phi) is 8.78. The number of nitrogen functional groups attached to an aromatic ring is 3. The average Bonchev–Trinajstić information content (AvgIpc) is 3.35. The van der Waals surface area contributed by atoms with Crippen molar-refractivity contribution in [2.45, 2.75) is 49.5 Å². The molecule has 2 atom stereocenters. The molecule has 2 aromatic rings. The second kappa shape index (κ2) is 12.0. The number of aliphatic carboxylic acids is 2. The molecule has 1 unspecified atom stereocenters. The molecule has 0 saturated carbocycles. The highest BCUT2D eigenvalue weighted by molar-refractivity contribution is 8.01. The van der Waals surface area contributed by atoms with E-state index in [2.05, 4.69) is 25.4 Å². The second-order valence-electron chi connectivity index (χ2n) is 9.29. The Hall–Kier alpha value is -4.17. The van der Waals surface area contributed by atoms with E-state index in [0.29, 0.717) is 17.3 Å². The molecule has 0 aromatic carbocycles. The van der Waals surface area contributed by atoms with Crippen molar-refractivity contribution in [2.24, 2.45) is 5.16 Å². The van der Waals surface area contributed by atoms with Crippen LogP contribution in [0.5, 0.6) is 0 Å². The van der Waals surface area contributed by atoms with E-state index in [9.17, 15) is 29.4 Å². The van der Waals surface area contributed by atoms with Gasteiger partial charge in [-0.1, -0.05) is 26.9 Å². The van der Waals surface area contributed by atoms with Crippen molar-refractivity contribution < 1.29 is 38.8 Å². The maximum absolute atomic E-state index is 13.2. The number of nitrogens with zero attached hydrogens (tertiary/aromatic N) is 6. The third kappa shape index (κ3) is 6.04. The lowest BCUT2D eigenvalue weighted by Gasteiger charge is -2.49. The van der Waals surface area contributed by atoms with Gasteiger partial charge in [-0.3, -0.25) is 14.5 Å². The summed E-state index contributed by atoms with van der Waals surface area (Å²) >= 11 is 3.48. The summed E-state index contributed by atoms with van der Waals surface area (Å²) in [7, 11) is 0. The number of carboxylic acid groups (broad SMARTS) is 2. The number of hydrogen-bond donors (Lipinski definition) is 6. The first-order chi connectivity index (χ1) is 19.7. The minimum atomic E-state index is -1.77. The summed E-state index contributed by atoms with van der Waals surface area (Å²) in [5.74, 6) is -3.60. The highest BCUT2D eigenvalue weighted by Crippen LogP contribution is 2.41. The molecule has 9 N–H and O–H groups in total. The van der Waals surface area contributed by atoms with Crippen molar-refractivity contribution in [3.63, 3.8) is 0 Å². The van der Waals surface area contributed by atoms with Gasteiger partial charge in [0, 0.05) is 16.9 Å². The van der Waals surface area contributed by atoms with Crippen molar-refractivity contribution in [1.29, 1.82) is 0 Å². The van der Waals surface area contributed by atoms with Crippen molar-refractivity contribution >= 4 is 81.4 Å². The molecule has 0 radical (unpaired) electrons. The Bertz CT molecular complexity index is 1530. The fraction of sp³-hybridized carbons (Fsp3) is 0.409. The Morgan fingerprint density at radius 2 is 1.98 bits per heavy atom. The van der Waals surface area contributed by atoms with Gasteiger partial charge in [0.2, 0.25) is 5.60 Å². The average molecular weight is 640 g/mol. The zero-order valence-electron chi connectivity index (χ0n) is 22.4. The lowest BCUT2D eigenvalue weighted by molar-refractivity contribution is -0.722. The van der Waals surface area contributed by atoms with Gasteiger partial charge in [-0.2, -0.15) is 0 Å². The van der Waals surface area contributed by atoms with Crippen molar-refractivity contribution in [1.82, 2.24) is 25.2 Å². The van der Waals surface area contributed by atoms with Crippen LogP contribution >= 0.6 is 34.9 Å². The molecule has 224 valence electrons. The summed E-state index contributed by atoms with van der Waals surface area (Å²) in [6.07, 6.45) is 0. The quantitative estimate of drug-likeness (QED) is 0.0572. The zero-order valence-corrected chi connectivity index (χ0v) is 24.9. The van der Waals surface area contributed by atoms with E-state index >= 15 is 0 Å². The summed E-state index contributed by atoms with van der Waals surface area (Å²) in [6, 6.07) is -1.09. The number of amides is 2. The van der Waals surface area contributed by atoms with Gasteiger partial charge in [0.15, 0.2) is 10.8 Å². The number of fused-ring (bicyclic) bond motifs is 1. The fourth-order valence-electron chi connectivity index (χ4n) is 3.82. The minimum absolute atomic E-state index is 0.0110. The van der Waals surface area contributed by atoms with E-state index in [1.165, 1.54) is 42.8 Å². The van der Waals surface area contributed by atoms with Gasteiger partial charge in [-0.05, 0) is 26.3 Å². The van der Waals surface area contributed by atoms with E-state index in [1.54, 1.807) is 4.57 Å². The summed E-state index contributed by atoms with van der Waals surface area (Å²) in [5, 5.41) is 26.8. The molecule has 1 fully saturated rings. The molecule has 2 amide bonds. The number of β-lactam (4-membered cyclic amide) rings is 1. The first kappa shape index (κ1) is 30.8. The molecule has 0 aliphatic carbocycles. The summed E-state index contributed by atoms with van der Waals surface area (Å²) in [4.78, 5) is 68.4. The number of aromatic nitrogens is 4. The summed E-state index contributed by atoms with van der Waals surface area (Å²) < 4.78 is 1.62. The number of oxime groups is 1. The van der Waals surface area contributed by atoms with Crippen LogP contribution in [-0.4, -0.2) is 88.1 Å². The van der Waals surface area contributed by atoms with Crippen LogP contribution in [0.15, 0.2) is 27.0 Å². The molecule has 2 aliphatic heterocycles. The molecule has 42 heavy (non-hydrogen) atoms. The highest BCUT2D eigenvalue weighted by atomic mass is 32.2. The first-order valence-electron chi connectivity index (χ1n) is 12.1. The molecule has 0 spiro atoms. The number of carboxylic acids is 2. The monoisotopic (exact) mass is 639 g/mol. The standard InChI is InChI=1S/C22H26N10O7S3/c1-4-31-19(24)28-18(23)29-21(31)42-6-8-5-40-15-11(14(34)32(15)12(8)16(35)36)27-13(33)10(9-7-41-20(25)26-9)30-39-22(2,3)17(37)38/h7,11,15H,4-6H2,1-3H3,(H8,23,24,25,26,27,28,33,35,36,37,38)/p+1/b30-10-/t11?,15-/m0/s1. The van der Waals surface area contributed by atoms with Crippen LogP contribution in [0.1, 0.15) is 26.5 Å². The van der Waals surface area contributed by atoms with E-state index in [1.807, 2.05) is 6.92 Å². The predicted octanol–water partition coefficient (Wildman–Crippen LogP) is -0.898. The Morgan fingerprint density at radius 1 is 1.26 bits per heavy atom. The lowest BCUT2D eigenvalue weighted by atomic mass is 10.0. The van der Waals surface area contributed by atoms with E-state index < -0.39 is 46.5 Å². The van der Waals surface area contributed by atoms with Crippen LogP contribution in [-0.2, 0) is 30.6 Å². The van der Waals surface area contributed by atoms with Gasteiger partial charge in [-0.15, -0.1) is 23.1 Å². The number of nitrogens with two attached hydrogens (primary N) is 3. The Balaban J connectivity index is 1.54. The Morgan fingerprint density at radius 3 is 2.57 bits per heavy atom. The molecule has 2 aliphatic rings. The molecule has 17 nitrogen and oxygen atoms in total. The van der Waals surface area contributed by atoms with Gasteiger partial charge < -0.3 is 37.6 Å². The van der Waals surface area contributed by atoms with Crippen LogP contribution in [0.2, 0.25) is 0 Å². The van der Waals surface area contributed by atoms with Crippen LogP contribution in [0, 0.1) is 0 Å². The lowest BCUT2D eigenvalue weighted by Crippen LogP contribution is -2.71. The number of thiazole rings is 1. The number of anilines is 3. The topological polar surface area (TPSA) is 266 Å². The summed E-state index contributed by atoms with van der Waals surface area (Å²) in [6.45, 7) is 4.78. The molecule has 0 bridgehead atoms. The molecule has 20 heteroatoms. The van der Waals surface area contributed by atoms with Crippen LogP contribution < -0.4 is 27.1 Å². The SMILES string of the molecule is CC[n+]1c(N)nc(N)nc1SCC1=C(C(=O)O)N2C(=O)C(NC(=O)/C(=N\OC(C)(C)C(=O)O)c3csc(N)n3)[C@@H]2SC1. The van der Waals surface area contributed by atoms with Gasteiger partial charge in [-0.25, -0.2) is 19.1 Å². The largest absolute Gasteiger partial charge is 0.478 e. The maximum Gasteiger partial charge on any atom is 0.352 e. The molecule has 4 rings (SSSR count). The number of carbonyl (C=O) groups is 4. The summed E-state index contributed by atoms with van der Waals surface area (Å²) in [5.41, 5.74) is 15.4. The Labute approximate surface area is 250 Å². The normalized spacial score (nSPS) is 18.8. The van der Waals surface area contributed by atoms with E-state index in [-0.39, 0.29) is 39.9 Å². The third-order valence-corrected chi connectivity index (χ3v) is 9.11. The first-order valence-corrected chi connectivity index (χ1v) is 15.0. The number of thioether (sulfide) groups is 2. The highest BCUT2D eigenvalue weighted by Gasteiger charge is 2.54. The third-order valence-electron chi connectivity index (χ3n) is 6.03. The zero-order chi connectivity index (χ0) is 30.9. The maximum atomic E-state index is 13.2. The molecule has 4 heterocycles. The van der Waals surface area contributed by atoms with Crippen LogP contribution in [0.3, 0.4) is 0 Å². The number of rotatable bonds is 11. The molecule has 1 saturated heterocycles. The van der Waals surface area contributed by atoms with Crippen molar-refractivity contribution in [3.05, 3.63) is 22.3 Å². The number of hydrogen-bond acceptors (Lipinski definition) is 15. The number of carbonyl (C=O) groups excluding carboxylic acids is 2. The smallest absolute Gasteiger partial charge is 0.352 e. The molecular weight excluding hydrogens is 613 g/mol. The van der Waals surface area contributed by atoms with Crippen molar-refractivity contribution in [3.8, 4) is 0 Å².